The second-order valence-electron chi connectivity index (χ2n) is 4.64. The molecule has 3 nitrogen and oxygen atoms in total. The minimum atomic E-state index is 0.626. The summed E-state index contributed by atoms with van der Waals surface area (Å²) in [6.07, 6.45) is 1.84. The Morgan fingerprint density at radius 2 is 1.76 bits per heavy atom. The molecule has 1 N–H and O–H groups in total. The van der Waals surface area contributed by atoms with Gasteiger partial charge in [0, 0.05) is 30.7 Å². The molecule has 0 amide bonds. The van der Waals surface area contributed by atoms with Crippen LogP contribution in [0.3, 0.4) is 0 Å². The molecule has 0 fully saturated rings. The second kappa shape index (κ2) is 7.11. The smallest absolute Gasteiger partial charge is 0.128 e. The Labute approximate surface area is 149 Å². The maximum atomic E-state index is 5.44. The van der Waals surface area contributed by atoms with Gasteiger partial charge in [0.25, 0.3) is 0 Å². The highest BCUT2D eigenvalue weighted by Crippen LogP contribution is 2.35. The van der Waals surface area contributed by atoms with Crippen LogP contribution < -0.4 is 10.1 Å². The van der Waals surface area contributed by atoms with Gasteiger partial charge in [0.05, 0.1) is 25.0 Å². The van der Waals surface area contributed by atoms with Gasteiger partial charge in [-0.3, -0.25) is 4.98 Å². The van der Waals surface area contributed by atoms with Gasteiger partial charge in [-0.15, -0.1) is 0 Å². The van der Waals surface area contributed by atoms with Crippen LogP contribution in [0, 0.1) is 13.8 Å². The van der Waals surface area contributed by atoms with Crippen molar-refractivity contribution in [1.29, 1.82) is 0 Å². The van der Waals surface area contributed by atoms with Gasteiger partial charge in [-0.25, -0.2) is 0 Å². The number of ether oxygens (including phenoxy) is 1. The lowest BCUT2D eigenvalue weighted by atomic mass is 10.1. The largest absolute Gasteiger partial charge is 0.496 e. The van der Waals surface area contributed by atoms with Gasteiger partial charge in [0.2, 0.25) is 0 Å². The van der Waals surface area contributed by atoms with Gasteiger partial charge < -0.3 is 10.1 Å². The molecule has 0 aliphatic carbocycles. The van der Waals surface area contributed by atoms with Crippen molar-refractivity contribution in [3.05, 3.63) is 48.6 Å². The molecule has 0 aliphatic rings. The van der Waals surface area contributed by atoms with E-state index in [1.54, 1.807) is 7.11 Å². The van der Waals surface area contributed by atoms with E-state index in [1.807, 2.05) is 32.2 Å². The van der Waals surface area contributed by atoms with Crippen molar-refractivity contribution in [2.75, 3.05) is 12.4 Å². The molecule has 0 unspecified atom stereocenters. The molecule has 2 rings (SSSR count). The van der Waals surface area contributed by atoms with Gasteiger partial charge in [0.1, 0.15) is 5.75 Å². The van der Waals surface area contributed by atoms with Crippen molar-refractivity contribution in [3.63, 3.8) is 0 Å². The Bertz CT molecular complexity index is 651. The first-order chi connectivity index (χ1) is 9.93. The maximum Gasteiger partial charge on any atom is 0.128 e. The third-order valence-corrected chi connectivity index (χ3v) is 4.90. The topological polar surface area (TPSA) is 34.1 Å². The molecule has 1 aromatic heterocycles. The predicted octanol–water partition coefficient (Wildman–Crippen LogP) is 5.61. The van der Waals surface area contributed by atoms with Crippen LogP contribution in [0.4, 0.5) is 5.69 Å². The summed E-state index contributed by atoms with van der Waals surface area (Å²) < 4.78 is 8.42. The monoisotopic (exact) mass is 476 g/mol. The van der Waals surface area contributed by atoms with E-state index in [4.69, 9.17) is 4.74 Å². The summed E-state index contributed by atoms with van der Waals surface area (Å²) in [6, 6.07) is 4.01. The van der Waals surface area contributed by atoms with E-state index in [1.165, 1.54) is 0 Å². The van der Waals surface area contributed by atoms with Crippen LogP contribution in [-0.2, 0) is 6.54 Å². The number of benzene rings is 1. The quantitative estimate of drug-likeness (QED) is 0.620. The average molecular weight is 479 g/mol. The van der Waals surface area contributed by atoms with Crippen LogP contribution in [0.5, 0.6) is 5.75 Å². The fourth-order valence-corrected chi connectivity index (χ4v) is 4.67. The molecule has 1 heterocycles. The van der Waals surface area contributed by atoms with E-state index < -0.39 is 0 Å². The Morgan fingerprint density at radius 1 is 1.14 bits per heavy atom. The summed E-state index contributed by atoms with van der Waals surface area (Å²) >= 11 is 10.6. The van der Waals surface area contributed by atoms with Crippen molar-refractivity contribution >= 4 is 53.5 Å². The van der Waals surface area contributed by atoms with E-state index in [-0.39, 0.29) is 0 Å². The zero-order valence-electron chi connectivity index (χ0n) is 11.9. The number of hydrogen-bond acceptors (Lipinski definition) is 3. The molecule has 0 spiro atoms. The molecule has 0 radical (unpaired) electrons. The zero-order chi connectivity index (χ0) is 15.6. The van der Waals surface area contributed by atoms with E-state index >= 15 is 0 Å². The Morgan fingerprint density at radius 3 is 2.33 bits per heavy atom. The molecular formula is C15H15Br3N2O. The van der Waals surface area contributed by atoms with Crippen molar-refractivity contribution in [1.82, 2.24) is 4.98 Å². The minimum Gasteiger partial charge on any atom is -0.496 e. The van der Waals surface area contributed by atoms with E-state index in [9.17, 15) is 0 Å². The molecule has 0 bridgehead atoms. The number of hydrogen-bond donors (Lipinski definition) is 1. The fraction of sp³-hybridized carbons (Fsp3) is 0.267. The average Bonchev–Trinajstić information content (AvgIpc) is 2.40. The van der Waals surface area contributed by atoms with E-state index in [2.05, 4.69) is 58.1 Å². The lowest BCUT2D eigenvalue weighted by Gasteiger charge is -2.15. The molecule has 0 saturated heterocycles. The third-order valence-electron chi connectivity index (χ3n) is 3.19. The van der Waals surface area contributed by atoms with Crippen molar-refractivity contribution in [2.45, 2.75) is 20.4 Å². The molecule has 1 aromatic carbocycles. The zero-order valence-corrected chi connectivity index (χ0v) is 16.7. The van der Waals surface area contributed by atoms with E-state index in [0.717, 1.165) is 41.7 Å². The van der Waals surface area contributed by atoms with Crippen LogP contribution in [0.25, 0.3) is 0 Å². The summed E-state index contributed by atoms with van der Waals surface area (Å²) in [5.74, 6) is 0.899. The summed E-state index contributed by atoms with van der Waals surface area (Å²) in [4.78, 5) is 4.50. The lowest BCUT2D eigenvalue weighted by molar-refractivity contribution is 0.407. The first-order valence-corrected chi connectivity index (χ1v) is 8.69. The van der Waals surface area contributed by atoms with Gasteiger partial charge in [-0.2, -0.15) is 0 Å². The molecule has 2 aromatic rings. The minimum absolute atomic E-state index is 0.626. The number of anilines is 1. The Kier molecular flexibility index (Phi) is 5.68. The number of aromatic nitrogens is 1. The molecule has 0 aliphatic heterocycles. The standard InChI is InChI=1S/C15H15Br3N2O/c1-8-6-19-13(9(2)15(8)21-3)7-20-14-11(17)4-10(16)5-12(14)18/h4-6,20H,7H2,1-3H3. The highest BCUT2D eigenvalue weighted by atomic mass is 79.9. The third kappa shape index (κ3) is 3.79. The molecule has 112 valence electrons. The number of nitrogens with one attached hydrogen (secondary N) is 1. The predicted molar refractivity (Wildman–Crippen MR) is 97.1 cm³/mol. The van der Waals surface area contributed by atoms with Crippen molar-refractivity contribution < 1.29 is 4.74 Å². The van der Waals surface area contributed by atoms with Crippen LogP contribution >= 0.6 is 47.8 Å². The fourth-order valence-electron chi connectivity index (χ4n) is 2.13. The van der Waals surface area contributed by atoms with Crippen LogP contribution in [0.1, 0.15) is 16.8 Å². The second-order valence-corrected chi connectivity index (χ2v) is 7.27. The maximum absolute atomic E-state index is 5.44. The summed E-state index contributed by atoms with van der Waals surface area (Å²) in [7, 11) is 1.69. The van der Waals surface area contributed by atoms with E-state index in [0.29, 0.717) is 6.54 Å². The molecule has 0 saturated carbocycles. The molecule has 6 heteroatoms. The van der Waals surface area contributed by atoms with Crippen LogP contribution in [0.15, 0.2) is 31.7 Å². The van der Waals surface area contributed by atoms with Crippen molar-refractivity contribution in [2.24, 2.45) is 0 Å². The number of rotatable bonds is 4. The Hall–Kier alpha value is -0.590. The number of methoxy groups -OCH3 is 1. The lowest BCUT2D eigenvalue weighted by Crippen LogP contribution is -2.07. The molecular weight excluding hydrogens is 464 g/mol. The van der Waals surface area contributed by atoms with Crippen LogP contribution in [0.2, 0.25) is 0 Å². The highest BCUT2D eigenvalue weighted by Gasteiger charge is 2.11. The SMILES string of the molecule is COc1c(C)cnc(CNc2c(Br)cc(Br)cc2Br)c1C. The van der Waals surface area contributed by atoms with Crippen LogP contribution in [-0.4, -0.2) is 12.1 Å². The van der Waals surface area contributed by atoms with Gasteiger partial charge in [0.15, 0.2) is 0 Å². The number of halogens is 3. The summed E-state index contributed by atoms with van der Waals surface area (Å²) in [6.45, 7) is 4.65. The molecule has 21 heavy (non-hydrogen) atoms. The first-order valence-electron chi connectivity index (χ1n) is 6.31. The first kappa shape index (κ1) is 16.8. The van der Waals surface area contributed by atoms with Gasteiger partial charge >= 0.3 is 0 Å². The Balaban J connectivity index is 2.25. The van der Waals surface area contributed by atoms with Gasteiger partial charge in [-0.05, 0) is 57.8 Å². The number of pyridine rings is 1. The van der Waals surface area contributed by atoms with Crippen molar-refractivity contribution in [3.8, 4) is 5.75 Å². The highest BCUT2D eigenvalue weighted by molar-refractivity contribution is 9.11. The number of nitrogens with zero attached hydrogens (tertiary/aromatic N) is 1. The van der Waals surface area contributed by atoms with Gasteiger partial charge in [-0.1, -0.05) is 15.9 Å². The summed E-state index contributed by atoms with van der Waals surface area (Å²) in [5, 5.41) is 3.40. The summed E-state index contributed by atoms with van der Waals surface area (Å²) in [5.41, 5.74) is 4.08. The number of aryl methyl sites for hydroxylation is 1. The normalized spacial score (nSPS) is 10.6. The molecule has 0 atom stereocenters.